The molecule has 5 rings (SSSR count). The summed E-state index contributed by atoms with van der Waals surface area (Å²) in [5.41, 5.74) is 0.368. The number of carbonyl (C=O) groups is 6. The molecule has 0 N–H and O–H groups in total. The molecule has 1 saturated heterocycles. The van der Waals surface area contributed by atoms with Crippen LogP contribution in [0, 0.1) is 11.8 Å². The summed E-state index contributed by atoms with van der Waals surface area (Å²) in [7, 11) is 0. The van der Waals surface area contributed by atoms with Crippen LogP contribution in [-0.2, 0) is 19.1 Å². The first kappa shape index (κ1) is 27.4. The molecule has 41 heavy (non-hydrogen) atoms. The summed E-state index contributed by atoms with van der Waals surface area (Å²) < 4.78 is 10.4. The summed E-state index contributed by atoms with van der Waals surface area (Å²) in [6.45, 7) is -1.12. The lowest BCUT2D eigenvalue weighted by Crippen LogP contribution is -2.31. The Hall–Kier alpha value is -5.18. The van der Waals surface area contributed by atoms with Crippen LogP contribution in [0.5, 0.6) is 0 Å². The van der Waals surface area contributed by atoms with E-state index < -0.39 is 60.4 Å². The highest BCUT2D eigenvalue weighted by Gasteiger charge is 2.48. The third kappa shape index (κ3) is 5.89. The molecule has 0 aromatic heterocycles. The normalized spacial score (nSPS) is 17.6. The van der Waals surface area contributed by atoms with Crippen molar-refractivity contribution < 1.29 is 38.2 Å². The van der Waals surface area contributed by atoms with Crippen molar-refractivity contribution in [1.82, 2.24) is 0 Å². The molecular weight excluding hydrogens is 526 g/mol. The van der Waals surface area contributed by atoms with E-state index in [0.717, 1.165) is 4.90 Å². The van der Waals surface area contributed by atoms with E-state index >= 15 is 0 Å². The van der Waals surface area contributed by atoms with Crippen LogP contribution in [0.3, 0.4) is 0 Å². The van der Waals surface area contributed by atoms with Gasteiger partial charge in [-0.15, -0.1) is 0 Å². The van der Waals surface area contributed by atoms with Crippen LogP contribution < -0.4 is 4.90 Å². The standard InChI is InChI=1S/C32H25NO8/c34-27(20-9-3-1-4-10-20)18-40-31(38)22-15-23(32(39)41-19-28(35)21-11-5-2-6-12-21)17-24(16-22)33-29(36)25-13-7-8-14-26(25)30(33)37/h1-12,15-17,25-26H,13-14,18-19H2. The largest absolute Gasteiger partial charge is 0.454 e. The molecule has 9 heteroatoms. The highest BCUT2D eigenvalue weighted by atomic mass is 16.5. The number of nitrogens with zero attached hydrogens (tertiary/aromatic N) is 1. The fraction of sp³-hybridized carbons (Fsp3) is 0.188. The average Bonchev–Trinajstić information content (AvgIpc) is 3.28. The topological polar surface area (TPSA) is 124 Å². The Balaban J connectivity index is 1.40. The Morgan fingerprint density at radius 2 is 1.02 bits per heavy atom. The second-order valence-corrected chi connectivity index (χ2v) is 9.67. The van der Waals surface area contributed by atoms with Crippen LogP contribution in [0.1, 0.15) is 54.3 Å². The molecular formula is C32H25NO8. The number of hydrogen-bond acceptors (Lipinski definition) is 8. The van der Waals surface area contributed by atoms with Gasteiger partial charge in [-0.05, 0) is 31.0 Å². The van der Waals surface area contributed by atoms with E-state index in [4.69, 9.17) is 9.47 Å². The van der Waals surface area contributed by atoms with Gasteiger partial charge in [-0.25, -0.2) is 14.5 Å². The number of benzene rings is 3. The highest BCUT2D eigenvalue weighted by molar-refractivity contribution is 6.22. The molecule has 0 radical (unpaired) electrons. The molecule has 9 nitrogen and oxygen atoms in total. The Kier molecular flexibility index (Phi) is 7.96. The molecule has 2 aliphatic rings. The van der Waals surface area contributed by atoms with Gasteiger partial charge in [-0.3, -0.25) is 19.2 Å². The van der Waals surface area contributed by atoms with Crippen LogP contribution in [-0.4, -0.2) is 48.5 Å². The molecule has 2 unspecified atom stereocenters. The lowest BCUT2D eigenvalue weighted by molar-refractivity contribution is -0.122. The minimum atomic E-state index is -0.941. The maximum atomic E-state index is 13.2. The fourth-order valence-electron chi connectivity index (χ4n) is 4.87. The van der Waals surface area contributed by atoms with E-state index in [2.05, 4.69) is 0 Å². The molecule has 1 aliphatic carbocycles. The Morgan fingerprint density at radius 1 is 0.610 bits per heavy atom. The van der Waals surface area contributed by atoms with E-state index in [-0.39, 0.29) is 16.8 Å². The number of allylic oxidation sites excluding steroid dienone is 2. The number of carbonyl (C=O) groups excluding carboxylic acids is 6. The number of amides is 2. The first-order valence-electron chi connectivity index (χ1n) is 13.0. The van der Waals surface area contributed by atoms with Gasteiger partial charge >= 0.3 is 11.9 Å². The SMILES string of the molecule is O=C(COC(=O)c1cc(C(=O)OCC(=O)c2ccccc2)cc(N2C(=O)C3CC=CCC3C2=O)c1)c1ccccc1. The van der Waals surface area contributed by atoms with Crippen molar-refractivity contribution in [1.29, 1.82) is 0 Å². The smallest absolute Gasteiger partial charge is 0.338 e. The number of anilines is 1. The van der Waals surface area contributed by atoms with Crippen molar-refractivity contribution in [3.63, 3.8) is 0 Å². The van der Waals surface area contributed by atoms with Crippen molar-refractivity contribution in [2.45, 2.75) is 12.8 Å². The van der Waals surface area contributed by atoms with Crippen molar-refractivity contribution in [2.24, 2.45) is 11.8 Å². The molecule has 1 aliphatic heterocycles. The second kappa shape index (κ2) is 11.9. The maximum Gasteiger partial charge on any atom is 0.338 e. The monoisotopic (exact) mass is 551 g/mol. The Morgan fingerprint density at radius 3 is 1.44 bits per heavy atom. The first-order chi connectivity index (χ1) is 19.8. The van der Waals surface area contributed by atoms with Gasteiger partial charge in [0.2, 0.25) is 11.8 Å². The van der Waals surface area contributed by atoms with E-state index in [1.807, 2.05) is 12.2 Å². The zero-order valence-corrected chi connectivity index (χ0v) is 21.9. The third-order valence-corrected chi connectivity index (χ3v) is 7.02. The Labute approximate surface area is 235 Å². The second-order valence-electron chi connectivity index (χ2n) is 9.67. The van der Waals surface area contributed by atoms with Crippen LogP contribution in [0.15, 0.2) is 91.0 Å². The van der Waals surface area contributed by atoms with Gasteiger partial charge in [0.05, 0.1) is 28.7 Å². The minimum absolute atomic E-state index is 0.000396. The molecule has 1 fully saturated rings. The molecule has 0 saturated carbocycles. The zero-order valence-electron chi connectivity index (χ0n) is 21.9. The molecule has 0 bridgehead atoms. The molecule has 2 amide bonds. The lowest BCUT2D eigenvalue weighted by atomic mass is 9.85. The molecule has 3 aromatic rings. The maximum absolute atomic E-state index is 13.2. The van der Waals surface area contributed by atoms with E-state index in [1.165, 1.54) is 18.2 Å². The zero-order chi connectivity index (χ0) is 28.9. The summed E-state index contributed by atoms with van der Waals surface area (Å²) in [6.07, 6.45) is 4.51. The first-order valence-corrected chi connectivity index (χ1v) is 13.0. The van der Waals surface area contributed by atoms with E-state index in [9.17, 15) is 28.8 Å². The Bertz CT molecular complexity index is 1450. The van der Waals surface area contributed by atoms with Crippen LogP contribution in [0.4, 0.5) is 5.69 Å². The minimum Gasteiger partial charge on any atom is -0.454 e. The average molecular weight is 552 g/mol. The van der Waals surface area contributed by atoms with Gasteiger partial charge < -0.3 is 9.47 Å². The number of esters is 2. The number of Topliss-reactive ketones (excluding diaryl/α,β-unsaturated/α-hetero) is 2. The van der Waals surface area contributed by atoms with Crippen molar-refractivity contribution in [3.05, 3.63) is 113 Å². The molecule has 206 valence electrons. The van der Waals surface area contributed by atoms with Gasteiger partial charge in [0.25, 0.3) is 0 Å². The number of hydrogen-bond donors (Lipinski definition) is 0. The summed E-state index contributed by atoms with van der Waals surface area (Å²) >= 11 is 0. The summed E-state index contributed by atoms with van der Waals surface area (Å²) in [5, 5.41) is 0. The molecule has 0 spiro atoms. The number of ketones is 2. The highest BCUT2D eigenvalue weighted by Crippen LogP contribution is 2.38. The lowest BCUT2D eigenvalue weighted by Gasteiger charge is -2.17. The van der Waals surface area contributed by atoms with Gasteiger partial charge in [0.1, 0.15) is 0 Å². The molecule has 2 atom stereocenters. The van der Waals surface area contributed by atoms with Gasteiger partial charge in [-0.2, -0.15) is 0 Å². The van der Waals surface area contributed by atoms with E-state index in [1.54, 1.807) is 60.7 Å². The third-order valence-electron chi connectivity index (χ3n) is 7.02. The van der Waals surface area contributed by atoms with Crippen molar-refractivity contribution in [3.8, 4) is 0 Å². The predicted molar refractivity (Wildman–Crippen MR) is 146 cm³/mol. The molecule has 1 heterocycles. The summed E-state index contributed by atoms with van der Waals surface area (Å²) in [6, 6.07) is 20.2. The number of fused-ring (bicyclic) bond motifs is 1. The number of imide groups is 1. The van der Waals surface area contributed by atoms with E-state index in [0.29, 0.717) is 24.0 Å². The quantitative estimate of drug-likeness (QED) is 0.168. The fourth-order valence-corrected chi connectivity index (χ4v) is 4.87. The molecule has 3 aromatic carbocycles. The van der Waals surface area contributed by atoms with Crippen molar-refractivity contribution >= 4 is 41.0 Å². The van der Waals surface area contributed by atoms with Gasteiger partial charge in [0, 0.05) is 11.1 Å². The van der Waals surface area contributed by atoms with Gasteiger partial charge in [-0.1, -0.05) is 72.8 Å². The van der Waals surface area contributed by atoms with Gasteiger partial charge in [0.15, 0.2) is 24.8 Å². The van der Waals surface area contributed by atoms with Crippen LogP contribution >= 0.6 is 0 Å². The van der Waals surface area contributed by atoms with Crippen molar-refractivity contribution in [2.75, 3.05) is 18.1 Å². The summed E-state index contributed by atoms with van der Waals surface area (Å²) in [4.78, 5) is 78.3. The van der Waals surface area contributed by atoms with Crippen LogP contribution in [0.25, 0.3) is 0 Å². The number of rotatable bonds is 9. The predicted octanol–water partition coefficient (Wildman–Crippen LogP) is 4.22. The number of ether oxygens (including phenoxy) is 2. The summed E-state index contributed by atoms with van der Waals surface area (Å²) in [5.74, 6) is -4.70. The van der Waals surface area contributed by atoms with Crippen LogP contribution in [0.2, 0.25) is 0 Å².